The molecule has 0 saturated heterocycles. The van der Waals surface area contributed by atoms with Gasteiger partial charge in [0.05, 0.1) is 11.6 Å². The van der Waals surface area contributed by atoms with Crippen molar-refractivity contribution in [3.05, 3.63) is 28.2 Å². The quantitative estimate of drug-likeness (QED) is 0.910. The Hall–Kier alpha value is -1.01. The van der Waals surface area contributed by atoms with Gasteiger partial charge in [-0.1, -0.05) is 0 Å². The van der Waals surface area contributed by atoms with E-state index in [-0.39, 0.29) is 5.54 Å². The van der Waals surface area contributed by atoms with Gasteiger partial charge >= 0.3 is 0 Å². The largest absolute Gasteiger partial charge is 0.379 e. The molecule has 0 heterocycles. The second kappa shape index (κ2) is 4.10. The highest BCUT2D eigenvalue weighted by Crippen LogP contribution is 2.42. The molecule has 1 aromatic rings. The molecule has 0 aliphatic heterocycles. The van der Waals surface area contributed by atoms with Crippen LogP contribution in [0.4, 0.5) is 5.69 Å². The molecule has 1 N–H and O–H groups in total. The van der Waals surface area contributed by atoms with E-state index in [1.807, 2.05) is 18.2 Å². The van der Waals surface area contributed by atoms with Crippen LogP contribution in [0.3, 0.4) is 0 Å². The van der Waals surface area contributed by atoms with Crippen LogP contribution in [0.2, 0.25) is 0 Å². The van der Waals surface area contributed by atoms with E-state index in [1.54, 1.807) is 0 Å². The van der Waals surface area contributed by atoms with Crippen LogP contribution >= 0.6 is 15.9 Å². The lowest BCUT2D eigenvalue weighted by Crippen LogP contribution is -2.33. The molecule has 2 nitrogen and oxygen atoms in total. The van der Waals surface area contributed by atoms with Gasteiger partial charge in [-0.15, -0.1) is 0 Å². The number of benzene rings is 1. The Balaban J connectivity index is 2.18. The molecule has 1 aliphatic rings. The number of nitriles is 1. The van der Waals surface area contributed by atoms with E-state index >= 15 is 0 Å². The Morgan fingerprint density at radius 3 is 2.62 bits per heavy atom. The molecule has 0 aromatic heterocycles. The molecule has 84 valence electrons. The molecular weight excluding hydrogens is 264 g/mol. The van der Waals surface area contributed by atoms with Crippen molar-refractivity contribution in [3.8, 4) is 6.07 Å². The summed E-state index contributed by atoms with van der Waals surface area (Å²) in [6.45, 7) is 4.46. The normalized spacial score (nSPS) is 15.6. The monoisotopic (exact) mass is 278 g/mol. The molecule has 0 radical (unpaired) electrons. The van der Waals surface area contributed by atoms with Crippen molar-refractivity contribution >= 4 is 21.6 Å². The fourth-order valence-corrected chi connectivity index (χ4v) is 2.42. The Morgan fingerprint density at radius 2 is 2.12 bits per heavy atom. The summed E-state index contributed by atoms with van der Waals surface area (Å²) in [6, 6.07) is 7.80. The first-order valence-electron chi connectivity index (χ1n) is 5.51. The molecule has 16 heavy (non-hydrogen) atoms. The molecule has 1 fully saturated rings. The van der Waals surface area contributed by atoms with Crippen LogP contribution < -0.4 is 5.32 Å². The Kier molecular flexibility index (Phi) is 2.94. The second-order valence-electron chi connectivity index (χ2n) is 4.93. The minimum Gasteiger partial charge on any atom is -0.379 e. The van der Waals surface area contributed by atoms with E-state index in [0.29, 0.717) is 5.56 Å². The lowest BCUT2D eigenvalue weighted by Gasteiger charge is -2.28. The van der Waals surface area contributed by atoms with Crippen molar-refractivity contribution < 1.29 is 0 Å². The summed E-state index contributed by atoms with van der Waals surface area (Å²) in [5.41, 5.74) is 1.88. The summed E-state index contributed by atoms with van der Waals surface area (Å²) < 4.78 is 0.959. The third-order valence-electron chi connectivity index (χ3n) is 3.15. The summed E-state index contributed by atoms with van der Waals surface area (Å²) >= 11 is 3.50. The summed E-state index contributed by atoms with van der Waals surface area (Å²) in [4.78, 5) is 0. The molecule has 0 amide bonds. The van der Waals surface area contributed by atoms with E-state index in [2.05, 4.69) is 41.2 Å². The van der Waals surface area contributed by atoms with E-state index in [9.17, 15) is 0 Å². The summed E-state index contributed by atoms with van der Waals surface area (Å²) in [5, 5.41) is 12.3. The average Bonchev–Trinajstić information content (AvgIpc) is 3.04. The SMILES string of the molecule is CC(C)(Nc1ccc(C#N)cc1Br)C1CC1. The number of hydrogen-bond acceptors (Lipinski definition) is 2. The molecule has 1 saturated carbocycles. The van der Waals surface area contributed by atoms with Crippen LogP contribution in [0.15, 0.2) is 22.7 Å². The van der Waals surface area contributed by atoms with Gasteiger partial charge in [0.2, 0.25) is 0 Å². The van der Waals surface area contributed by atoms with E-state index in [4.69, 9.17) is 5.26 Å². The van der Waals surface area contributed by atoms with Crippen molar-refractivity contribution in [1.29, 1.82) is 5.26 Å². The smallest absolute Gasteiger partial charge is 0.0992 e. The lowest BCUT2D eigenvalue weighted by atomic mass is 9.98. The summed E-state index contributed by atoms with van der Waals surface area (Å²) in [5.74, 6) is 0.773. The van der Waals surface area contributed by atoms with Crippen LogP contribution in [0.25, 0.3) is 0 Å². The summed E-state index contributed by atoms with van der Waals surface area (Å²) in [6.07, 6.45) is 2.63. The van der Waals surface area contributed by atoms with Gasteiger partial charge in [0.25, 0.3) is 0 Å². The first kappa shape index (κ1) is 11.5. The highest BCUT2D eigenvalue weighted by Gasteiger charge is 2.37. The average molecular weight is 279 g/mol. The Labute approximate surface area is 105 Å². The number of rotatable bonds is 3. The highest BCUT2D eigenvalue weighted by molar-refractivity contribution is 9.10. The van der Waals surface area contributed by atoms with Crippen LogP contribution in [-0.4, -0.2) is 5.54 Å². The maximum Gasteiger partial charge on any atom is 0.0992 e. The maximum atomic E-state index is 8.79. The third kappa shape index (κ3) is 2.38. The van der Waals surface area contributed by atoms with Gasteiger partial charge in [-0.05, 0) is 66.7 Å². The molecule has 1 aliphatic carbocycles. The number of halogens is 1. The van der Waals surface area contributed by atoms with Gasteiger partial charge in [0, 0.05) is 15.7 Å². The fourth-order valence-electron chi connectivity index (χ4n) is 1.94. The van der Waals surface area contributed by atoms with Crippen LogP contribution in [-0.2, 0) is 0 Å². The van der Waals surface area contributed by atoms with Crippen molar-refractivity contribution in [3.63, 3.8) is 0 Å². The van der Waals surface area contributed by atoms with Gasteiger partial charge in [-0.3, -0.25) is 0 Å². The summed E-state index contributed by atoms with van der Waals surface area (Å²) in [7, 11) is 0. The molecular formula is C13H15BrN2. The molecule has 3 heteroatoms. The maximum absolute atomic E-state index is 8.79. The molecule has 1 aromatic carbocycles. The second-order valence-corrected chi connectivity index (χ2v) is 5.78. The molecule has 0 spiro atoms. The molecule has 0 bridgehead atoms. The zero-order valence-corrected chi connectivity index (χ0v) is 11.1. The first-order chi connectivity index (χ1) is 7.53. The van der Waals surface area contributed by atoms with Crippen molar-refractivity contribution in [2.24, 2.45) is 5.92 Å². The van der Waals surface area contributed by atoms with Crippen molar-refractivity contribution in [2.75, 3.05) is 5.32 Å². The zero-order chi connectivity index (χ0) is 11.8. The predicted octanol–water partition coefficient (Wildman–Crippen LogP) is 3.92. The number of hydrogen-bond donors (Lipinski definition) is 1. The topological polar surface area (TPSA) is 35.8 Å². The van der Waals surface area contributed by atoms with Gasteiger partial charge in [-0.2, -0.15) is 5.26 Å². The molecule has 2 rings (SSSR count). The van der Waals surface area contributed by atoms with Crippen LogP contribution in [0, 0.1) is 17.2 Å². The number of nitrogens with zero attached hydrogens (tertiary/aromatic N) is 1. The molecule has 0 atom stereocenters. The van der Waals surface area contributed by atoms with E-state index in [0.717, 1.165) is 16.1 Å². The van der Waals surface area contributed by atoms with Crippen LogP contribution in [0.5, 0.6) is 0 Å². The minimum absolute atomic E-state index is 0.136. The van der Waals surface area contributed by atoms with Crippen LogP contribution in [0.1, 0.15) is 32.3 Å². The van der Waals surface area contributed by atoms with E-state index < -0.39 is 0 Å². The minimum atomic E-state index is 0.136. The fraction of sp³-hybridized carbons (Fsp3) is 0.462. The standard InChI is InChI=1S/C13H15BrN2/c1-13(2,10-4-5-10)16-12-6-3-9(8-15)7-11(12)14/h3,6-7,10,16H,4-5H2,1-2H3. The number of nitrogens with one attached hydrogen (secondary N) is 1. The lowest BCUT2D eigenvalue weighted by molar-refractivity contribution is 0.494. The molecule has 0 unspecified atom stereocenters. The van der Waals surface area contributed by atoms with Gasteiger partial charge < -0.3 is 5.32 Å². The third-order valence-corrected chi connectivity index (χ3v) is 3.81. The predicted molar refractivity (Wildman–Crippen MR) is 69.3 cm³/mol. The highest BCUT2D eigenvalue weighted by atomic mass is 79.9. The first-order valence-corrected chi connectivity index (χ1v) is 6.30. The van der Waals surface area contributed by atoms with Crippen molar-refractivity contribution in [1.82, 2.24) is 0 Å². The Morgan fingerprint density at radius 1 is 1.44 bits per heavy atom. The zero-order valence-electron chi connectivity index (χ0n) is 9.55. The number of anilines is 1. The van der Waals surface area contributed by atoms with Gasteiger partial charge in [-0.25, -0.2) is 0 Å². The van der Waals surface area contributed by atoms with E-state index in [1.165, 1.54) is 12.8 Å². The Bertz CT molecular complexity index is 442. The van der Waals surface area contributed by atoms with Gasteiger partial charge in [0.15, 0.2) is 0 Å². The van der Waals surface area contributed by atoms with Gasteiger partial charge in [0.1, 0.15) is 0 Å². The van der Waals surface area contributed by atoms with Crippen molar-refractivity contribution in [2.45, 2.75) is 32.2 Å².